The molecule has 1 atom stereocenters. The normalized spacial score (nSPS) is 12.1. The number of anilines is 1. The Labute approximate surface area is 192 Å². The van der Waals surface area contributed by atoms with Crippen molar-refractivity contribution in [2.24, 2.45) is 0 Å². The van der Waals surface area contributed by atoms with Gasteiger partial charge in [0, 0.05) is 23.1 Å². The molecule has 1 unspecified atom stereocenters. The molecule has 10 heteroatoms. The molecular weight excluding hydrogens is 438 g/mol. The van der Waals surface area contributed by atoms with Gasteiger partial charge in [0.15, 0.2) is 22.1 Å². The highest BCUT2D eigenvalue weighted by molar-refractivity contribution is 7.90. The maximum absolute atomic E-state index is 13.0. The third-order valence-electron chi connectivity index (χ3n) is 5.05. The fourth-order valence-electron chi connectivity index (χ4n) is 3.41. The van der Waals surface area contributed by atoms with Crippen LogP contribution in [0.5, 0.6) is 0 Å². The van der Waals surface area contributed by atoms with Gasteiger partial charge >= 0.3 is 0 Å². The van der Waals surface area contributed by atoms with E-state index in [0.29, 0.717) is 27.7 Å². The number of aromatic nitrogens is 6. The monoisotopic (exact) mass is 457 g/mol. The number of fused-ring (bicyclic) bond motifs is 1. The van der Waals surface area contributed by atoms with Crippen LogP contribution in [-0.4, -0.2) is 46.1 Å². The van der Waals surface area contributed by atoms with Crippen molar-refractivity contribution < 1.29 is 9.35 Å². The zero-order valence-electron chi connectivity index (χ0n) is 17.8. The van der Waals surface area contributed by atoms with E-state index in [0.717, 1.165) is 11.3 Å². The summed E-state index contributed by atoms with van der Waals surface area (Å²) in [6.07, 6.45) is 4.92. The summed E-state index contributed by atoms with van der Waals surface area (Å²) in [7, 11) is 0. The Morgan fingerprint density at radius 3 is 2.67 bits per heavy atom. The zero-order valence-corrected chi connectivity index (χ0v) is 18.7. The molecule has 4 heterocycles. The van der Waals surface area contributed by atoms with Gasteiger partial charge in [0.1, 0.15) is 12.6 Å². The van der Waals surface area contributed by atoms with E-state index in [1.807, 2.05) is 43.5 Å². The van der Waals surface area contributed by atoms with E-state index in [2.05, 4.69) is 25.5 Å². The minimum atomic E-state index is -1.08. The van der Waals surface area contributed by atoms with Gasteiger partial charge in [-0.3, -0.25) is 4.79 Å². The van der Waals surface area contributed by atoms with E-state index < -0.39 is 11.2 Å². The van der Waals surface area contributed by atoms with Gasteiger partial charge in [-0.25, -0.2) is 19.2 Å². The van der Waals surface area contributed by atoms with Crippen LogP contribution >= 0.6 is 0 Å². The van der Waals surface area contributed by atoms with Gasteiger partial charge in [-0.15, -0.1) is 0 Å². The summed E-state index contributed by atoms with van der Waals surface area (Å²) in [5, 5.41) is 11.6. The molecule has 0 saturated carbocycles. The first-order chi connectivity index (χ1) is 16.0. The summed E-state index contributed by atoms with van der Waals surface area (Å²) < 4.78 is 14.9. The van der Waals surface area contributed by atoms with E-state index in [9.17, 15) is 9.35 Å². The van der Waals surface area contributed by atoms with Crippen molar-refractivity contribution in [2.75, 3.05) is 11.6 Å². The van der Waals surface area contributed by atoms with Gasteiger partial charge in [0.2, 0.25) is 0 Å². The molecular formula is C23H19N7O2S. The maximum Gasteiger partial charge on any atom is 0.276 e. The smallest absolute Gasteiger partial charge is 0.276 e. The van der Waals surface area contributed by atoms with Crippen molar-refractivity contribution >= 4 is 28.4 Å². The second kappa shape index (κ2) is 8.49. The Balaban J connectivity index is 1.54. The lowest BCUT2D eigenvalue weighted by molar-refractivity contribution is 0.102. The van der Waals surface area contributed by atoms with Crippen molar-refractivity contribution in [3.63, 3.8) is 0 Å². The van der Waals surface area contributed by atoms with E-state index in [1.54, 1.807) is 45.8 Å². The number of nitrogens with zero attached hydrogens (tertiary/aromatic N) is 6. The molecule has 33 heavy (non-hydrogen) atoms. The molecule has 5 rings (SSSR count). The number of hydrogen-bond donors (Lipinski definition) is 1. The minimum Gasteiger partial charge on any atom is -0.612 e. The van der Waals surface area contributed by atoms with Gasteiger partial charge in [0.05, 0.1) is 5.69 Å². The summed E-state index contributed by atoms with van der Waals surface area (Å²) in [6, 6.07) is 18.0. The Hall–Kier alpha value is -4.02. The van der Waals surface area contributed by atoms with E-state index in [4.69, 9.17) is 0 Å². The SMILES string of the molecule is Cc1cccc(-n2nc(C(=O)Nc3ccc([S+](C)[O-])cc3)cc2-c2ccc3ncnn3c2)n1. The number of aryl methyl sites for hydroxylation is 1. The molecule has 0 fully saturated rings. The molecule has 1 aromatic carbocycles. The first-order valence-corrected chi connectivity index (χ1v) is 11.6. The predicted octanol–water partition coefficient (Wildman–Crippen LogP) is 3.28. The van der Waals surface area contributed by atoms with Gasteiger partial charge in [-0.05, 0) is 72.7 Å². The summed E-state index contributed by atoms with van der Waals surface area (Å²) in [6.45, 7) is 1.90. The molecule has 5 aromatic rings. The number of hydrogen-bond acceptors (Lipinski definition) is 6. The second-order valence-electron chi connectivity index (χ2n) is 7.38. The summed E-state index contributed by atoms with van der Waals surface area (Å²) in [4.78, 5) is 22.4. The molecule has 0 spiro atoms. The third kappa shape index (κ3) is 4.21. The fourth-order valence-corrected chi connectivity index (χ4v) is 3.93. The molecule has 0 radical (unpaired) electrons. The highest BCUT2D eigenvalue weighted by Gasteiger charge is 2.19. The van der Waals surface area contributed by atoms with Gasteiger partial charge < -0.3 is 9.87 Å². The number of amides is 1. The Morgan fingerprint density at radius 2 is 1.91 bits per heavy atom. The largest absolute Gasteiger partial charge is 0.612 e. The minimum absolute atomic E-state index is 0.232. The standard InChI is InChI=1S/C23H19N7O2S/c1-15-4-3-5-22(26-15)30-20(16-6-11-21-24-14-25-29(21)13-16)12-19(28-30)23(31)27-17-7-9-18(10-8-17)33(2)32/h3-14H,1-2H3,(H,27,31). The number of carbonyl (C=O) groups is 1. The van der Waals surface area contributed by atoms with E-state index in [1.165, 1.54) is 6.33 Å². The maximum atomic E-state index is 13.0. The molecule has 9 nitrogen and oxygen atoms in total. The van der Waals surface area contributed by atoms with Crippen LogP contribution in [-0.2, 0) is 11.2 Å². The van der Waals surface area contributed by atoms with Crippen LogP contribution in [0.3, 0.4) is 0 Å². The van der Waals surface area contributed by atoms with Crippen molar-refractivity contribution in [3.8, 4) is 17.1 Å². The lowest BCUT2D eigenvalue weighted by atomic mass is 10.2. The van der Waals surface area contributed by atoms with E-state index in [-0.39, 0.29) is 11.6 Å². The average molecular weight is 458 g/mol. The van der Waals surface area contributed by atoms with Crippen molar-refractivity contribution in [1.82, 2.24) is 29.4 Å². The van der Waals surface area contributed by atoms with Gasteiger partial charge in [0.25, 0.3) is 5.91 Å². The highest BCUT2D eigenvalue weighted by atomic mass is 32.2. The summed E-state index contributed by atoms with van der Waals surface area (Å²) in [5.74, 6) is 0.229. The highest BCUT2D eigenvalue weighted by Crippen LogP contribution is 2.24. The Kier molecular flexibility index (Phi) is 5.37. The fraction of sp³-hybridized carbons (Fsp3) is 0.0870. The van der Waals surface area contributed by atoms with Crippen molar-refractivity contribution in [3.05, 3.63) is 84.6 Å². The van der Waals surface area contributed by atoms with Crippen molar-refractivity contribution in [2.45, 2.75) is 11.8 Å². The van der Waals surface area contributed by atoms with Crippen LogP contribution in [0.15, 0.2) is 78.1 Å². The lowest BCUT2D eigenvalue weighted by Crippen LogP contribution is -2.13. The molecule has 0 bridgehead atoms. The zero-order chi connectivity index (χ0) is 22.9. The van der Waals surface area contributed by atoms with Crippen LogP contribution in [0.2, 0.25) is 0 Å². The average Bonchev–Trinajstić information content (AvgIpc) is 3.46. The number of benzene rings is 1. The number of carbonyl (C=O) groups excluding carboxylic acids is 1. The predicted molar refractivity (Wildman–Crippen MR) is 125 cm³/mol. The summed E-state index contributed by atoms with van der Waals surface area (Å²) in [5.41, 5.74) is 3.86. The number of pyridine rings is 2. The van der Waals surface area contributed by atoms with Crippen molar-refractivity contribution in [1.29, 1.82) is 0 Å². The summed E-state index contributed by atoms with van der Waals surface area (Å²) >= 11 is -1.08. The van der Waals surface area contributed by atoms with Crippen LogP contribution in [0, 0.1) is 6.92 Å². The Morgan fingerprint density at radius 1 is 1.09 bits per heavy atom. The molecule has 1 amide bonds. The number of rotatable bonds is 5. The van der Waals surface area contributed by atoms with Gasteiger partial charge in [-0.2, -0.15) is 10.2 Å². The van der Waals surface area contributed by atoms with Crippen LogP contribution in [0.4, 0.5) is 5.69 Å². The molecule has 0 aliphatic heterocycles. The van der Waals surface area contributed by atoms with Crippen LogP contribution in [0.1, 0.15) is 16.2 Å². The van der Waals surface area contributed by atoms with Crippen LogP contribution in [0.25, 0.3) is 22.7 Å². The first kappa shape index (κ1) is 20.9. The molecule has 0 aliphatic rings. The third-order valence-corrected chi connectivity index (χ3v) is 5.98. The molecule has 164 valence electrons. The first-order valence-electron chi connectivity index (χ1n) is 10.1. The van der Waals surface area contributed by atoms with Crippen LogP contribution < -0.4 is 5.32 Å². The topological polar surface area (TPSA) is 113 Å². The van der Waals surface area contributed by atoms with E-state index >= 15 is 0 Å². The molecule has 1 N–H and O–H groups in total. The lowest BCUT2D eigenvalue weighted by Gasteiger charge is -2.07. The molecule has 0 aliphatic carbocycles. The Bertz CT molecular complexity index is 1460. The quantitative estimate of drug-likeness (QED) is 0.405. The van der Waals surface area contributed by atoms with Gasteiger partial charge in [-0.1, -0.05) is 6.07 Å². The molecule has 0 saturated heterocycles. The number of nitrogens with one attached hydrogen (secondary N) is 1. The second-order valence-corrected chi connectivity index (χ2v) is 8.76. The molecule has 4 aromatic heterocycles.